The Kier molecular flexibility index (Phi) is 4.33. The molecule has 2 heteroatoms. The van der Waals surface area contributed by atoms with Crippen molar-refractivity contribution in [2.24, 2.45) is 0 Å². The van der Waals surface area contributed by atoms with Gasteiger partial charge in [0.15, 0.2) is 0 Å². The van der Waals surface area contributed by atoms with Gasteiger partial charge in [0, 0.05) is 11.3 Å². The van der Waals surface area contributed by atoms with E-state index in [4.69, 9.17) is 0 Å². The second-order valence-electron chi connectivity index (χ2n) is 2.63. The van der Waals surface area contributed by atoms with E-state index < -0.39 is 0 Å². The minimum absolute atomic E-state index is 0.226. The van der Waals surface area contributed by atoms with Crippen LogP contribution >= 0.6 is 11.8 Å². The van der Waals surface area contributed by atoms with E-state index in [2.05, 4.69) is 6.58 Å². The summed E-state index contributed by atoms with van der Waals surface area (Å²) in [5, 5.41) is 0. The zero-order valence-corrected chi connectivity index (χ0v) is 8.22. The van der Waals surface area contributed by atoms with Crippen molar-refractivity contribution in [3.05, 3.63) is 43.0 Å². The summed E-state index contributed by atoms with van der Waals surface area (Å²) in [6, 6.07) is 9.92. The summed E-state index contributed by atoms with van der Waals surface area (Å²) >= 11 is 1.57. The summed E-state index contributed by atoms with van der Waals surface area (Å²) in [6.45, 7) is 3.53. The van der Waals surface area contributed by atoms with E-state index in [0.717, 1.165) is 4.90 Å². The van der Waals surface area contributed by atoms with Gasteiger partial charge in [-0.3, -0.25) is 4.79 Å². The summed E-state index contributed by atoms with van der Waals surface area (Å²) in [7, 11) is 0. The van der Waals surface area contributed by atoms with E-state index in [9.17, 15) is 4.79 Å². The van der Waals surface area contributed by atoms with E-state index in [1.165, 1.54) is 0 Å². The van der Waals surface area contributed by atoms with Gasteiger partial charge in [0.2, 0.25) is 0 Å². The maximum absolute atomic E-state index is 11.1. The maximum atomic E-state index is 11.1. The zero-order chi connectivity index (χ0) is 9.52. The standard InChI is InChI=1S/C11H12OS/c1-2-6-10(12)9-13-11-7-4-3-5-8-11/h2-5,7-8H,1,6,9H2. The lowest BCUT2D eigenvalue weighted by molar-refractivity contribution is -0.115. The first-order chi connectivity index (χ1) is 6.33. The molecule has 0 N–H and O–H groups in total. The van der Waals surface area contributed by atoms with Gasteiger partial charge in [-0.2, -0.15) is 0 Å². The molecule has 0 aromatic heterocycles. The third kappa shape index (κ3) is 3.95. The number of thioether (sulfide) groups is 1. The van der Waals surface area contributed by atoms with Gasteiger partial charge in [-0.05, 0) is 12.1 Å². The summed E-state index contributed by atoms with van der Waals surface area (Å²) < 4.78 is 0. The lowest BCUT2D eigenvalue weighted by atomic mass is 10.3. The van der Waals surface area contributed by atoms with E-state index in [1.54, 1.807) is 17.8 Å². The highest BCUT2D eigenvalue weighted by atomic mass is 32.2. The van der Waals surface area contributed by atoms with Gasteiger partial charge in [-0.15, -0.1) is 18.3 Å². The van der Waals surface area contributed by atoms with Gasteiger partial charge < -0.3 is 0 Å². The van der Waals surface area contributed by atoms with E-state index in [-0.39, 0.29) is 5.78 Å². The first-order valence-electron chi connectivity index (χ1n) is 4.13. The van der Waals surface area contributed by atoms with Crippen LogP contribution in [0.2, 0.25) is 0 Å². The topological polar surface area (TPSA) is 17.1 Å². The van der Waals surface area contributed by atoms with Crippen LogP contribution in [0.25, 0.3) is 0 Å². The Hall–Kier alpha value is -1.02. The molecule has 0 atom stereocenters. The molecule has 0 aliphatic rings. The SMILES string of the molecule is C=CCC(=O)CSc1ccccc1. The molecule has 1 rings (SSSR count). The Labute approximate surface area is 82.9 Å². The van der Waals surface area contributed by atoms with Crippen molar-refractivity contribution in [3.63, 3.8) is 0 Å². The molecular formula is C11H12OS. The van der Waals surface area contributed by atoms with Gasteiger partial charge in [0.05, 0.1) is 5.75 Å². The molecule has 0 unspecified atom stereocenters. The maximum Gasteiger partial charge on any atom is 0.146 e. The highest BCUT2D eigenvalue weighted by molar-refractivity contribution is 8.00. The number of allylic oxidation sites excluding steroid dienone is 1. The number of hydrogen-bond donors (Lipinski definition) is 0. The molecule has 0 radical (unpaired) electrons. The normalized spacial score (nSPS) is 9.54. The molecule has 0 spiro atoms. The van der Waals surface area contributed by atoms with Crippen LogP contribution < -0.4 is 0 Å². The van der Waals surface area contributed by atoms with Crippen LogP contribution in [0.1, 0.15) is 6.42 Å². The highest BCUT2D eigenvalue weighted by Crippen LogP contribution is 2.16. The number of ketones is 1. The van der Waals surface area contributed by atoms with Gasteiger partial charge in [-0.25, -0.2) is 0 Å². The minimum atomic E-state index is 0.226. The predicted octanol–water partition coefficient (Wildman–Crippen LogP) is 2.92. The first-order valence-corrected chi connectivity index (χ1v) is 5.12. The fourth-order valence-electron chi connectivity index (χ4n) is 0.900. The van der Waals surface area contributed by atoms with E-state index in [1.807, 2.05) is 30.3 Å². The van der Waals surface area contributed by atoms with Crippen LogP contribution in [0.15, 0.2) is 47.9 Å². The average Bonchev–Trinajstić information content (AvgIpc) is 2.17. The van der Waals surface area contributed by atoms with Crippen LogP contribution in [-0.4, -0.2) is 11.5 Å². The van der Waals surface area contributed by atoms with Gasteiger partial charge in [-0.1, -0.05) is 24.3 Å². The third-order valence-corrected chi connectivity index (χ3v) is 2.59. The molecule has 1 aromatic carbocycles. The van der Waals surface area contributed by atoms with Crippen molar-refractivity contribution < 1.29 is 4.79 Å². The molecule has 0 saturated heterocycles. The van der Waals surface area contributed by atoms with Crippen LogP contribution in [0.5, 0.6) is 0 Å². The Morgan fingerprint density at radius 1 is 1.38 bits per heavy atom. The number of rotatable bonds is 5. The van der Waals surface area contributed by atoms with Crippen molar-refractivity contribution >= 4 is 17.5 Å². The van der Waals surface area contributed by atoms with Gasteiger partial charge in [0.25, 0.3) is 0 Å². The van der Waals surface area contributed by atoms with Crippen LogP contribution in [-0.2, 0) is 4.79 Å². The lowest BCUT2D eigenvalue weighted by Crippen LogP contribution is -1.98. The second kappa shape index (κ2) is 5.60. The van der Waals surface area contributed by atoms with Crippen LogP contribution in [0.4, 0.5) is 0 Å². The largest absolute Gasteiger partial charge is 0.298 e. The summed E-state index contributed by atoms with van der Waals surface area (Å²) in [5.74, 6) is 0.764. The van der Waals surface area contributed by atoms with Crippen molar-refractivity contribution in [1.82, 2.24) is 0 Å². The number of Topliss-reactive ketones (excluding diaryl/α,β-unsaturated/α-hetero) is 1. The van der Waals surface area contributed by atoms with Crippen LogP contribution in [0, 0.1) is 0 Å². The van der Waals surface area contributed by atoms with E-state index in [0.29, 0.717) is 12.2 Å². The van der Waals surface area contributed by atoms with Crippen molar-refractivity contribution in [3.8, 4) is 0 Å². The first kappa shape index (κ1) is 10.1. The Bertz CT molecular complexity index is 279. The fraction of sp³-hybridized carbons (Fsp3) is 0.182. The average molecular weight is 192 g/mol. The molecule has 0 aliphatic carbocycles. The second-order valence-corrected chi connectivity index (χ2v) is 3.68. The van der Waals surface area contributed by atoms with Gasteiger partial charge >= 0.3 is 0 Å². The van der Waals surface area contributed by atoms with Gasteiger partial charge in [0.1, 0.15) is 5.78 Å². The molecule has 0 saturated carbocycles. The molecule has 13 heavy (non-hydrogen) atoms. The molecule has 1 aromatic rings. The fourth-order valence-corrected chi connectivity index (χ4v) is 1.70. The minimum Gasteiger partial charge on any atom is -0.298 e. The number of benzene rings is 1. The molecule has 0 fully saturated rings. The zero-order valence-electron chi connectivity index (χ0n) is 7.40. The molecule has 68 valence electrons. The molecule has 0 aliphatic heterocycles. The summed E-state index contributed by atoms with van der Waals surface area (Å²) in [5.41, 5.74) is 0. The Morgan fingerprint density at radius 2 is 2.08 bits per heavy atom. The van der Waals surface area contributed by atoms with Crippen molar-refractivity contribution in [1.29, 1.82) is 0 Å². The number of hydrogen-bond acceptors (Lipinski definition) is 2. The van der Waals surface area contributed by atoms with Crippen LogP contribution in [0.3, 0.4) is 0 Å². The molecule has 0 amide bonds. The van der Waals surface area contributed by atoms with Crippen molar-refractivity contribution in [2.45, 2.75) is 11.3 Å². The summed E-state index contributed by atoms with van der Waals surface area (Å²) in [4.78, 5) is 12.3. The van der Waals surface area contributed by atoms with Crippen molar-refractivity contribution in [2.75, 3.05) is 5.75 Å². The number of carbonyl (C=O) groups is 1. The molecule has 1 nitrogen and oxygen atoms in total. The molecular weight excluding hydrogens is 180 g/mol. The quantitative estimate of drug-likeness (QED) is 0.527. The monoisotopic (exact) mass is 192 g/mol. The number of carbonyl (C=O) groups excluding carboxylic acids is 1. The smallest absolute Gasteiger partial charge is 0.146 e. The summed E-state index contributed by atoms with van der Waals surface area (Å²) in [6.07, 6.45) is 2.12. The molecule has 0 heterocycles. The highest BCUT2D eigenvalue weighted by Gasteiger charge is 1.99. The van der Waals surface area contributed by atoms with E-state index >= 15 is 0 Å². The lowest BCUT2D eigenvalue weighted by Gasteiger charge is -1.98. The molecule has 0 bridgehead atoms. The predicted molar refractivity (Wildman–Crippen MR) is 57.0 cm³/mol. The third-order valence-electron chi connectivity index (χ3n) is 1.52. The Balaban J connectivity index is 2.35. The Morgan fingerprint density at radius 3 is 2.69 bits per heavy atom.